The summed E-state index contributed by atoms with van der Waals surface area (Å²) >= 11 is 0. The van der Waals surface area contributed by atoms with E-state index in [-0.39, 0.29) is 5.78 Å². The molecule has 0 amide bonds. The van der Waals surface area contributed by atoms with E-state index in [2.05, 4.69) is 0 Å². The van der Waals surface area contributed by atoms with Gasteiger partial charge in [0.05, 0.1) is 28.4 Å². The predicted molar refractivity (Wildman–Crippen MR) is 92.5 cm³/mol. The highest BCUT2D eigenvalue weighted by atomic mass is 16.5. The first-order chi connectivity index (χ1) is 11.6. The van der Waals surface area contributed by atoms with Gasteiger partial charge in [-0.25, -0.2) is 0 Å². The molecule has 5 nitrogen and oxygen atoms in total. The van der Waals surface area contributed by atoms with Gasteiger partial charge in [0.2, 0.25) is 0 Å². The minimum Gasteiger partial charge on any atom is -0.493 e. The molecule has 0 atom stereocenters. The summed E-state index contributed by atoms with van der Waals surface area (Å²) in [7, 11) is 6.23. The second-order valence-electron chi connectivity index (χ2n) is 4.88. The van der Waals surface area contributed by atoms with Crippen molar-refractivity contribution in [3.63, 3.8) is 0 Å². The smallest absolute Gasteiger partial charge is 0.185 e. The molecule has 2 aromatic carbocycles. The molecule has 2 aromatic rings. The highest BCUT2D eigenvalue weighted by Gasteiger charge is 2.09. The standard InChI is InChI=1S/C19H20O5/c1-21-16-9-6-13(11-18(16)23-3)5-8-15(20)14-7-10-17(22-2)19(12-14)24-4/h5-12H,1-4H3/b8-5-. The Morgan fingerprint density at radius 2 is 1.29 bits per heavy atom. The largest absolute Gasteiger partial charge is 0.493 e. The maximum Gasteiger partial charge on any atom is 0.185 e. The third-order valence-electron chi connectivity index (χ3n) is 3.50. The second-order valence-corrected chi connectivity index (χ2v) is 4.88. The van der Waals surface area contributed by atoms with Gasteiger partial charge in [-0.05, 0) is 42.0 Å². The zero-order valence-corrected chi connectivity index (χ0v) is 14.2. The lowest BCUT2D eigenvalue weighted by atomic mass is 10.1. The Morgan fingerprint density at radius 1 is 0.750 bits per heavy atom. The van der Waals surface area contributed by atoms with E-state index >= 15 is 0 Å². The molecule has 0 radical (unpaired) electrons. The van der Waals surface area contributed by atoms with Crippen molar-refractivity contribution in [2.24, 2.45) is 0 Å². The van der Waals surface area contributed by atoms with E-state index in [1.165, 1.54) is 13.2 Å². The molecular weight excluding hydrogens is 308 g/mol. The highest BCUT2D eigenvalue weighted by molar-refractivity contribution is 6.07. The number of hydrogen-bond acceptors (Lipinski definition) is 5. The van der Waals surface area contributed by atoms with Crippen LogP contribution in [0.3, 0.4) is 0 Å². The summed E-state index contributed by atoms with van der Waals surface area (Å²) in [6, 6.07) is 10.5. The van der Waals surface area contributed by atoms with Crippen molar-refractivity contribution in [2.45, 2.75) is 0 Å². The molecule has 0 saturated heterocycles. The first kappa shape index (κ1) is 17.4. The summed E-state index contributed by atoms with van der Waals surface area (Å²) in [6.45, 7) is 0. The molecule has 0 unspecified atom stereocenters. The molecule has 2 rings (SSSR count). The summed E-state index contributed by atoms with van der Waals surface area (Å²) in [5.74, 6) is 2.21. The molecule has 0 spiro atoms. The Labute approximate surface area is 141 Å². The number of ketones is 1. The van der Waals surface area contributed by atoms with Gasteiger partial charge in [-0.1, -0.05) is 12.1 Å². The average molecular weight is 328 g/mol. The Balaban J connectivity index is 2.21. The Morgan fingerprint density at radius 3 is 1.88 bits per heavy atom. The number of ether oxygens (including phenoxy) is 4. The summed E-state index contributed by atoms with van der Waals surface area (Å²) in [5, 5.41) is 0. The molecule has 126 valence electrons. The summed E-state index contributed by atoms with van der Waals surface area (Å²) in [5.41, 5.74) is 1.35. The molecule has 0 aromatic heterocycles. The summed E-state index contributed by atoms with van der Waals surface area (Å²) < 4.78 is 20.8. The lowest BCUT2D eigenvalue weighted by Gasteiger charge is -2.08. The molecule has 0 aliphatic carbocycles. The normalized spacial score (nSPS) is 10.5. The van der Waals surface area contributed by atoms with E-state index in [0.717, 1.165) is 5.56 Å². The molecule has 5 heteroatoms. The minimum absolute atomic E-state index is 0.134. The zero-order valence-electron chi connectivity index (χ0n) is 14.2. The lowest BCUT2D eigenvalue weighted by Crippen LogP contribution is -1.97. The van der Waals surface area contributed by atoms with Crippen molar-refractivity contribution < 1.29 is 23.7 Å². The van der Waals surface area contributed by atoms with Crippen molar-refractivity contribution in [1.29, 1.82) is 0 Å². The molecule has 0 heterocycles. The van der Waals surface area contributed by atoms with Crippen LogP contribution in [0.5, 0.6) is 23.0 Å². The van der Waals surface area contributed by atoms with Gasteiger partial charge in [0.1, 0.15) is 0 Å². The zero-order chi connectivity index (χ0) is 17.5. The van der Waals surface area contributed by atoms with Gasteiger partial charge in [-0.15, -0.1) is 0 Å². The van der Waals surface area contributed by atoms with Crippen LogP contribution in [0.25, 0.3) is 6.08 Å². The van der Waals surface area contributed by atoms with Gasteiger partial charge in [-0.3, -0.25) is 4.79 Å². The van der Waals surface area contributed by atoms with Crippen LogP contribution in [0.15, 0.2) is 42.5 Å². The van der Waals surface area contributed by atoms with Crippen LogP contribution in [-0.4, -0.2) is 34.2 Å². The van der Waals surface area contributed by atoms with E-state index in [0.29, 0.717) is 28.6 Å². The lowest BCUT2D eigenvalue weighted by molar-refractivity contribution is 0.104. The monoisotopic (exact) mass is 328 g/mol. The van der Waals surface area contributed by atoms with E-state index in [9.17, 15) is 4.79 Å². The second kappa shape index (κ2) is 8.06. The van der Waals surface area contributed by atoms with E-state index in [1.807, 2.05) is 6.07 Å². The number of rotatable bonds is 7. The van der Waals surface area contributed by atoms with Crippen LogP contribution in [0.2, 0.25) is 0 Å². The highest BCUT2D eigenvalue weighted by Crippen LogP contribution is 2.29. The van der Waals surface area contributed by atoms with Crippen molar-refractivity contribution in [2.75, 3.05) is 28.4 Å². The molecule has 0 aliphatic rings. The Bertz CT molecular complexity index is 749. The molecule has 0 N–H and O–H groups in total. The maximum atomic E-state index is 12.3. The van der Waals surface area contributed by atoms with Gasteiger partial charge in [0, 0.05) is 5.56 Å². The number of allylic oxidation sites excluding steroid dienone is 1. The van der Waals surface area contributed by atoms with Crippen molar-refractivity contribution >= 4 is 11.9 Å². The van der Waals surface area contributed by atoms with Crippen LogP contribution in [-0.2, 0) is 0 Å². The Hall–Kier alpha value is -2.95. The molecule has 0 bridgehead atoms. The van der Waals surface area contributed by atoms with E-state index in [1.54, 1.807) is 57.7 Å². The number of benzene rings is 2. The topological polar surface area (TPSA) is 54.0 Å². The number of carbonyl (C=O) groups excluding carboxylic acids is 1. The minimum atomic E-state index is -0.134. The van der Waals surface area contributed by atoms with E-state index in [4.69, 9.17) is 18.9 Å². The molecular formula is C19H20O5. The fourth-order valence-corrected chi connectivity index (χ4v) is 2.21. The van der Waals surface area contributed by atoms with Gasteiger partial charge in [0.25, 0.3) is 0 Å². The fourth-order valence-electron chi connectivity index (χ4n) is 2.21. The van der Waals surface area contributed by atoms with Gasteiger partial charge >= 0.3 is 0 Å². The number of hydrogen-bond donors (Lipinski definition) is 0. The SMILES string of the molecule is COc1ccc(/C=C\C(=O)c2ccc(OC)c(OC)c2)cc1OC. The first-order valence-electron chi connectivity index (χ1n) is 7.29. The number of methoxy groups -OCH3 is 4. The van der Waals surface area contributed by atoms with Crippen LogP contribution >= 0.6 is 0 Å². The van der Waals surface area contributed by atoms with Crippen LogP contribution in [0.1, 0.15) is 15.9 Å². The predicted octanol–water partition coefficient (Wildman–Crippen LogP) is 3.62. The van der Waals surface area contributed by atoms with Crippen molar-refractivity contribution in [3.8, 4) is 23.0 Å². The molecule has 0 aliphatic heterocycles. The van der Waals surface area contributed by atoms with Gasteiger partial charge < -0.3 is 18.9 Å². The number of carbonyl (C=O) groups is 1. The van der Waals surface area contributed by atoms with Crippen molar-refractivity contribution in [3.05, 3.63) is 53.6 Å². The third kappa shape index (κ3) is 3.87. The third-order valence-corrected chi connectivity index (χ3v) is 3.50. The van der Waals surface area contributed by atoms with Crippen LogP contribution in [0.4, 0.5) is 0 Å². The van der Waals surface area contributed by atoms with Gasteiger partial charge in [-0.2, -0.15) is 0 Å². The van der Waals surface area contributed by atoms with Crippen LogP contribution < -0.4 is 18.9 Å². The van der Waals surface area contributed by atoms with Gasteiger partial charge in [0.15, 0.2) is 28.8 Å². The molecule has 24 heavy (non-hydrogen) atoms. The average Bonchev–Trinajstić information content (AvgIpc) is 2.64. The summed E-state index contributed by atoms with van der Waals surface area (Å²) in [6.07, 6.45) is 3.23. The van der Waals surface area contributed by atoms with Crippen LogP contribution in [0, 0.1) is 0 Å². The van der Waals surface area contributed by atoms with E-state index < -0.39 is 0 Å². The first-order valence-corrected chi connectivity index (χ1v) is 7.29. The maximum absolute atomic E-state index is 12.3. The summed E-state index contributed by atoms with van der Waals surface area (Å²) in [4.78, 5) is 12.3. The fraction of sp³-hybridized carbons (Fsp3) is 0.211. The molecule has 0 fully saturated rings. The Kier molecular flexibility index (Phi) is 5.84. The quantitative estimate of drug-likeness (QED) is 0.574. The van der Waals surface area contributed by atoms with Crippen molar-refractivity contribution in [1.82, 2.24) is 0 Å². The molecule has 0 saturated carbocycles.